The number of ketones is 1. The summed E-state index contributed by atoms with van der Waals surface area (Å²) in [6, 6.07) is 14.0. The molecule has 4 rings (SSSR count). The first-order chi connectivity index (χ1) is 14.4. The van der Waals surface area contributed by atoms with Crippen LogP contribution in [0.3, 0.4) is 0 Å². The van der Waals surface area contributed by atoms with E-state index in [0.29, 0.717) is 5.75 Å². The van der Waals surface area contributed by atoms with E-state index in [4.69, 9.17) is 9.47 Å². The first-order valence-corrected chi connectivity index (χ1v) is 10.3. The summed E-state index contributed by atoms with van der Waals surface area (Å²) >= 11 is 0. The van der Waals surface area contributed by atoms with Crippen LogP contribution >= 0.6 is 0 Å². The number of allylic oxidation sites excluding steroid dienone is 1. The molecule has 0 fully saturated rings. The minimum Gasteiger partial charge on any atom is -0.482 e. The Kier molecular flexibility index (Phi) is 5.37. The van der Waals surface area contributed by atoms with Gasteiger partial charge in [0.15, 0.2) is 19.0 Å². The van der Waals surface area contributed by atoms with E-state index in [2.05, 4.69) is 26.0 Å². The zero-order valence-corrected chi connectivity index (χ0v) is 17.7. The molecule has 0 spiro atoms. The van der Waals surface area contributed by atoms with Gasteiger partial charge in [-0.25, -0.2) is 4.79 Å². The van der Waals surface area contributed by atoms with Gasteiger partial charge in [0.1, 0.15) is 5.75 Å². The highest BCUT2D eigenvalue weighted by molar-refractivity contribution is 5.94. The fourth-order valence-electron chi connectivity index (χ4n) is 4.43. The molecular formula is C25H27NO4. The number of hydrogen-bond donors (Lipinski definition) is 0. The van der Waals surface area contributed by atoms with E-state index in [-0.39, 0.29) is 24.4 Å². The quantitative estimate of drug-likeness (QED) is 0.538. The number of carbonyl (C=O) groups excluding carboxylic acids is 2. The van der Waals surface area contributed by atoms with E-state index in [0.717, 1.165) is 30.6 Å². The molecule has 1 heterocycles. The number of anilines is 1. The van der Waals surface area contributed by atoms with Crippen LogP contribution in [0.2, 0.25) is 0 Å². The van der Waals surface area contributed by atoms with Gasteiger partial charge in [-0.15, -0.1) is 0 Å². The summed E-state index contributed by atoms with van der Waals surface area (Å²) in [6.45, 7) is 3.67. The third-order valence-corrected chi connectivity index (χ3v) is 6.04. The van der Waals surface area contributed by atoms with E-state index >= 15 is 0 Å². The highest BCUT2D eigenvalue weighted by Gasteiger charge is 2.38. The lowest BCUT2D eigenvalue weighted by atomic mass is 9.83. The molecule has 0 unspecified atom stereocenters. The van der Waals surface area contributed by atoms with Crippen molar-refractivity contribution in [3.05, 3.63) is 70.9 Å². The number of benzene rings is 2. The summed E-state index contributed by atoms with van der Waals surface area (Å²) in [4.78, 5) is 26.5. The van der Waals surface area contributed by atoms with E-state index in [9.17, 15) is 9.59 Å². The molecule has 2 aromatic rings. The Balaban J connectivity index is 1.32. The van der Waals surface area contributed by atoms with Crippen molar-refractivity contribution in [1.29, 1.82) is 0 Å². The monoisotopic (exact) mass is 405 g/mol. The van der Waals surface area contributed by atoms with Crippen molar-refractivity contribution >= 4 is 17.4 Å². The van der Waals surface area contributed by atoms with Crippen LogP contribution in [0.25, 0.3) is 0 Å². The molecule has 0 saturated carbocycles. The Morgan fingerprint density at radius 1 is 1.07 bits per heavy atom. The smallest absolute Gasteiger partial charge is 0.344 e. The van der Waals surface area contributed by atoms with Gasteiger partial charge >= 0.3 is 5.97 Å². The topological polar surface area (TPSA) is 55.8 Å². The molecule has 156 valence electrons. The molecule has 0 radical (unpaired) electrons. The number of fused-ring (bicyclic) bond motifs is 2. The lowest BCUT2D eigenvalue weighted by Gasteiger charge is -2.23. The van der Waals surface area contributed by atoms with Gasteiger partial charge in [-0.1, -0.05) is 38.1 Å². The van der Waals surface area contributed by atoms with Crippen molar-refractivity contribution in [3.63, 3.8) is 0 Å². The highest BCUT2D eigenvalue weighted by atomic mass is 16.6. The molecule has 0 N–H and O–H groups in total. The maximum absolute atomic E-state index is 12.5. The van der Waals surface area contributed by atoms with Crippen LogP contribution in [0.1, 0.15) is 37.0 Å². The van der Waals surface area contributed by atoms with Crippen molar-refractivity contribution in [2.24, 2.45) is 0 Å². The largest absolute Gasteiger partial charge is 0.482 e. The predicted molar refractivity (Wildman–Crippen MR) is 116 cm³/mol. The summed E-state index contributed by atoms with van der Waals surface area (Å²) < 4.78 is 10.7. The molecule has 2 aliphatic rings. The van der Waals surface area contributed by atoms with Crippen LogP contribution in [0, 0.1) is 0 Å². The van der Waals surface area contributed by atoms with Crippen LogP contribution in [0.15, 0.2) is 54.2 Å². The minimum atomic E-state index is -0.551. The summed E-state index contributed by atoms with van der Waals surface area (Å²) in [5.74, 6) is -0.138. The SMILES string of the molecule is CN1C(=CC(=O)COC(=O)COc2ccc3c(c2)CCC3)C(C)(C)c2ccccc21. The van der Waals surface area contributed by atoms with Crippen molar-refractivity contribution < 1.29 is 19.1 Å². The van der Waals surface area contributed by atoms with Crippen molar-refractivity contribution in [3.8, 4) is 5.75 Å². The molecule has 5 nitrogen and oxygen atoms in total. The molecule has 5 heteroatoms. The lowest BCUT2D eigenvalue weighted by Crippen LogP contribution is -2.25. The Hall–Kier alpha value is -3.08. The van der Waals surface area contributed by atoms with Crippen LogP contribution in [0.4, 0.5) is 5.69 Å². The van der Waals surface area contributed by atoms with Gasteiger partial charge in [0.25, 0.3) is 0 Å². The van der Waals surface area contributed by atoms with E-state index in [1.165, 1.54) is 16.7 Å². The molecule has 1 aliphatic heterocycles. The Labute approximate surface area is 177 Å². The highest BCUT2D eigenvalue weighted by Crippen LogP contribution is 2.46. The number of nitrogens with zero attached hydrogens (tertiary/aromatic N) is 1. The molecule has 0 saturated heterocycles. The molecule has 30 heavy (non-hydrogen) atoms. The van der Waals surface area contributed by atoms with Gasteiger partial charge in [-0.3, -0.25) is 4.79 Å². The Morgan fingerprint density at radius 3 is 2.63 bits per heavy atom. The third kappa shape index (κ3) is 3.84. The number of ether oxygens (including phenoxy) is 2. The number of carbonyl (C=O) groups is 2. The van der Waals surface area contributed by atoms with Crippen LogP contribution in [-0.4, -0.2) is 32.0 Å². The fourth-order valence-corrected chi connectivity index (χ4v) is 4.43. The Morgan fingerprint density at radius 2 is 1.83 bits per heavy atom. The van der Waals surface area contributed by atoms with Gasteiger partial charge in [-0.2, -0.15) is 0 Å². The van der Waals surface area contributed by atoms with Crippen LogP contribution in [0.5, 0.6) is 5.75 Å². The normalized spacial score (nSPS) is 17.6. The Bertz CT molecular complexity index is 1020. The molecule has 0 amide bonds. The van der Waals surface area contributed by atoms with Crippen LogP contribution < -0.4 is 9.64 Å². The summed E-state index contributed by atoms with van der Waals surface area (Å²) in [5.41, 5.74) is 5.49. The maximum Gasteiger partial charge on any atom is 0.344 e. The van der Waals surface area contributed by atoms with E-state index < -0.39 is 5.97 Å². The van der Waals surface area contributed by atoms with Crippen molar-refractivity contribution in [1.82, 2.24) is 0 Å². The molecule has 2 aromatic carbocycles. The molecule has 0 bridgehead atoms. The number of aryl methyl sites for hydroxylation is 2. The van der Waals surface area contributed by atoms with Crippen molar-refractivity contribution in [2.75, 3.05) is 25.2 Å². The molecule has 0 aromatic heterocycles. The first-order valence-electron chi connectivity index (χ1n) is 10.3. The zero-order chi connectivity index (χ0) is 21.3. The van der Waals surface area contributed by atoms with E-state index in [1.807, 2.05) is 42.3 Å². The zero-order valence-electron chi connectivity index (χ0n) is 17.7. The number of rotatable bonds is 6. The second-order valence-corrected chi connectivity index (χ2v) is 8.43. The summed E-state index contributed by atoms with van der Waals surface area (Å²) in [7, 11) is 1.95. The van der Waals surface area contributed by atoms with Gasteiger partial charge in [0.2, 0.25) is 0 Å². The minimum absolute atomic E-state index is 0.209. The van der Waals surface area contributed by atoms with Gasteiger partial charge in [-0.05, 0) is 54.2 Å². The van der Waals surface area contributed by atoms with Crippen LogP contribution in [-0.2, 0) is 32.6 Å². The summed E-state index contributed by atoms with van der Waals surface area (Å²) in [6.07, 6.45) is 4.89. The average molecular weight is 405 g/mol. The lowest BCUT2D eigenvalue weighted by molar-refractivity contribution is -0.148. The molecule has 0 atom stereocenters. The third-order valence-electron chi connectivity index (χ3n) is 6.04. The van der Waals surface area contributed by atoms with E-state index in [1.54, 1.807) is 6.08 Å². The second-order valence-electron chi connectivity index (χ2n) is 8.43. The van der Waals surface area contributed by atoms with Crippen molar-refractivity contribution in [2.45, 2.75) is 38.5 Å². The fraction of sp³-hybridized carbons (Fsp3) is 0.360. The number of esters is 1. The molecular weight excluding hydrogens is 378 g/mol. The van der Waals surface area contributed by atoms with Gasteiger partial charge in [0.05, 0.1) is 0 Å². The van der Waals surface area contributed by atoms with Gasteiger partial charge in [0, 0.05) is 29.9 Å². The standard InChI is InChI=1S/C25H27NO4/c1-25(2)21-9-4-5-10-22(21)26(3)23(25)14-19(27)15-30-24(28)16-29-20-12-11-17-7-6-8-18(17)13-20/h4-5,9-14H,6-8,15-16H2,1-3H3. The second kappa shape index (κ2) is 7.98. The average Bonchev–Trinajstić information content (AvgIpc) is 3.28. The predicted octanol–water partition coefficient (Wildman–Crippen LogP) is 3.98. The maximum atomic E-state index is 12.5. The summed E-state index contributed by atoms with van der Waals surface area (Å²) in [5, 5.41) is 0. The number of likely N-dealkylation sites (N-methyl/N-ethyl adjacent to an activating group) is 1. The molecule has 1 aliphatic carbocycles. The first kappa shape index (κ1) is 20.2. The number of hydrogen-bond acceptors (Lipinski definition) is 5. The number of para-hydroxylation sites is 1. The van der Waals surface area contributed by atoms with Gasteiger partial charge < -0.3 is 14.4 Å².